The van der Waals surface area contributed by atoms with Gasteiger partial charge in [0.25, 0.3) is 5.56 Å². The molecule has 2 aromatic carbocycles. The summed E-state index contributed by atoms with van der Waals surface area (Å²) in [6.07, 6.45) is 3.58. The number of amides is 1. The number of piperazine rings is 1. The number of aromatic nitrogens is 2. The highest BCUT2D eigenvalue weighted by molar-refractivity contribution is 5.80. The van der Waals surface area contributed by atoms with Crippen LogP contribution in [-0.4, -0.2) is 60.2 Å². The van der Waals surface area contributed by atoms with Crippen LogP contribution in [0, 0.1) is 17.2 Å². The molecule has 1 fully saturated rings. The first-order chi connectivity index (χ1) is 18.9. The number of ether oxygens (including phenoxy) is 1. The van der Waals surface area contributed by atoms with Crippen LogP contribution in [0.2, 0.25) is 0 Å². The molecule has 4 rings (SSSR count). The Balaban J connectivity index is 1.43. The summed E-state index contributed by atoms with van der Waals surface area (Å²) in [5, 5.41) is 11.4. The highest BCUT2D eigenvalue weighted by atomic mass is 16.5. The molecule has 39 heavy (non-hydrogen) atoms. The van der Waals surface area contributed by atoms with E-state index in [2.05, 4.69) is 32.2 Å². The third kappa shape index (κ3) is 7.03. The minimum atomic E-state index is -0.707. The standard InChI is InChI=1S/C30H36N6O3/c1-22(2)20-27(29(37)33-13-12-31)36-15-14-32-28(30(36)38)24-6-8-25(9-7-24)35-18-16-34(17-19-35)21-23-4-10-26(39-3)11-5-23/h4-11,14-15,22,27H,13,16-21H2,1-3H3,(H,33,37). The minimum Gasteiger partial charge on any atom is -0.497 e. The molecule has 0 aliphatic carbocycles. The van der Waals surface area contributed by atoms with E-state index in [1.54, 1.807) is 19.5 Å². The lowest BCUT2D eigenvalue weighted by Gasteiger charge is -2.36. The first-order valence-electron chi connectivity index (χ1n) is 13.3. The van der Waals surface area contributed by atoms with Crippen molar-refractivity contribution in [2.75, 3.05) is 44.7 Å². The second-order valence-corrected chi connectivity index (χ2v) is 10.2. The number of anilines is 1. The molecule has 1 aromatic heterocycles. The third-order valence-corrected chi connectivity index (χ3v) is 6.99. The van der Waals surface area contributed by atoms with Crippen molar-refractivity contribution in [3.63, 3.8) is 0 Å². The van der Waals surface area contributed by atoms with Gasteiger partial charge in [0.05, 0.1) is 13.2 Å². The summed E-state index contributed by atoms with van der Waals surface area (Å²) in [4.78, 5) is 35.3. The molecule has 0 bridgehead atoms. The van der Waals surface area contributed by atoms with Gasteiger partial charge in [0.1, 0.15) is 24.0 Å². The summed E-state index contributed by atoms with van der Waals surface area (Å²) in [6, 6.07) is 17.3. The summed E-state index contributed by atoms with van der Waals surface area (Å²) >= 11 is 0. The minimum absolute atomic E-state index is 0.0999. The predicted octanol–water partition coefficient (Wildman–Crippen LogP) is 3.47. The van der Waals surface area contributed by atoms with Crippen molar-refractivity contribution >= 4 is 11.6 Å². The average Bonchev–Trinajstić information content (AvgIpc) is 2.96. The van der Waals surface area contributed by atoms with E-state index in [4.69, 9.17) is 10.00 Å². The molecule has 1 atom stereocenters. The zero-order valence-electron chi connectivity index (χ0n) is 22.8. The van der Waals surface area contributed by atoms with E-state index in [0.29, 0.717) is 17.7 Å². The molecule has 1 aliphatic heterocycles. The van der Waals surface area contributed by atoms with Gasteiger partial charge in [0.2, 0.25) is 5.91 Å². The van der Waals surface area contributed by atoms with Crippen LogP contribution in [0.3, 0.4) is 0 Å². The largest absolute Gasteiger partial charge is 0.497 e. The Bertz CT molecular complexity index is 1340. The molecule has 9 heteroatoms. The Hall–Kier alpha value is -4.16. The second kappa shape index (κ2) is 13.1. The lowest BCUT2D eigenvalue weighted by Crippen LogP contribution is -2.45. The molecule has 1 saturated heterocycles. The van der Waals surface area contributed by atoms with Gasteiger partial charge in [-0.3, -0.25) is 19.1 Å². The molecular formula is C30H36N6O3. The maximum Gasteiger partial charge on any atom is 0.277 e. The maximum atomic E-state index is 13.4. The van der Waals surface area contributed by atoms with E-state index < -0.39 is 6.04 Å². The Morgan fingerprint density at radius 1 is 1.08 bits per heavy atom. The van der Waals surface area contributed by atoms with Gasteiger partial charge < -0.3 is 15.0 Å². The Kier molecular flexibility index (Phi) is 9.34. The molecule has 0 spiro atoms. The van der Waals surface area contributed by atoms with Crippen LogP contribution < -0.4 is 20.5 Å². The fourth-order valence-electron chi connectivity index (χ4n) is 4.89. The summed E-state index contributed by atoms with van der Waals surface area (Å²) in [5.74, 6) is 0.710. The van der Waals surface area contributed by atoms with Crippen molar-refractivity contribution in [3.8, 4) is 23.1 Å². The summed E-state index contributed by atoms with van der Waals surface area (Å²) in [6.45, 7) is 8.56. The molecule has 204 valence electrons. The van der Waals surface area contributed by atoms with Crippen molar-refractivity contribution < 1.29 is 9.53 Å². The molecule has 1 N–H and O–H groups in total. The normalized spacial score (nSPS) is 14.6. The zero-order chi connectivity index (χ0) is 27.8. The third-order valence-electron chi connectivity index (χ3n) is 6.99. The fourth-order valence-corrected chi connectivity index (χ4v) is 4.89. The number of nitrogens with zero attached hydrogens (tertiary/aromatic N) is 5. The smallest absolute Gasteiger partial charge is 0.277 e. The number of benzene rings is 2. The molecule has 3 aromatic rings. The van der Waals surface area contributed by atoms with Crippen LogP contribution >= 0.6 is 0 Å². The second-order valence-electron chi connectivity index (χ2n) is 10.2. The van der Waals surface area contributed by atoms with Gasteiger partial charge in [0, 0.05) is 56.4 Å². The van der Waals surface area contributed by atoms with E-state index in [9.17, 15) is 9.59 Å². The van der Waals surface area contributed by atoms with Gasteiger partial charge >= 0.3 is 0 Å². The number of carbonyl (C=O) groups excluding carboxylic acids is 1. The van der Waals surface area contributed by atoms with Crippen LogP contribution in [0.15, 0.2) is 65.7 Å². The van der Waals surface area contributed by atoms with Gasteiger partial charge in [-0.2, -0.15) is 5.26 Å². The zero-order valence-corrected chi connectivity index (χ0v) is 22.8. The van der Waals surface area contributed by atoms with E-state index in [0.717, 1.165) is 44.2 Å². The Morgan fingerprint density at radius 2 is 1.77 bits per heavy atom. The number of carbonyl (C=O) groups is 1. The number of hydrogen-bond acceptors (Lipinski definition) is 7. The van der Waals surface area contributed by atoms with Gasteiger partial charge in [-0.05, 0) is 42.2 Å². The van der Waals surface area contributed by atoms with Crippen LogP contribution in [0.1, 0.15) is 31.9 Å². The van der Waals surface area contributed by atoms with E-state index >= 15 is 0 Å². The van der Waals surface area contributed by atoms with E-state index in [-0.39, 0.29) is 23.9 Å². The van der Waals surface area contributed by atoms with Gasteiger partial charge in [0.15, 0.2) is 0 Å². The van der Waals surface area contributed by atoms with Crippen LogP contribution in [-0.2, 0) is 11.3 Å². The Labute approximate surface area is 229 Å². The number of hydrogen-bond donors (Lipinski definition) is 1. The van der Waals surface area contributed by atoms with E-state index in [1.165, 1.54) is 10.1 Å². The monoisotopic (exact) mass is 528 g/mol. The lowest BCUT2D eigenvalue weighted by atomic mass is 10.0. The summed E-state index contributed by atoms with van der Waals surface area (Å²) < 4.78 is 6.68. The summed E-state index contributed by atoms with van der Waals surface area (Å²) in [7, 11) is 1.68. The van der Waals surface area contributed by atoms with E-state index in [1.807, 2.05) is 56.3 Å². The highest BCUT2D eigenvalue weighted by Crippen LogP contribution is 2.23. The van der Waals surface area contributed by atoms with Gasteiger partial charge in [-0.1, -0.05) is 38.1 Å². The SMILES string of the molecule is COc1ccc(CN2CCN(c3ccc(-c4nccn(C(CC(C)C)C(=O)NCC#N)c4=O)cc3)CC2)cc1. The van der Waals surface area contributed by atoms with Crippen molar-refractivity contribution in [2.24, 2.45) is 5.92 Å². The van der Waals surface area contributed by atoms with Crippen molar-refractivity contribution in [1.82, 2.24) is 19.8 Å². The summed E-state index contributed by atoms with van der Waals surface area (Å²) in [5.41, 5.74) is 3.06. The maximum absolute atomic E-state index is 13.4. The van der Waals surface area contributed by atoms with Crippen molar-refractivity contribution in [1.29, 1.82) is 5.26 Å². The molecule has 1 amide bonds. The first-order valence-corrected chi connectivity index (χ1v) is 13.3. The van der Waals surface area contributed by atoms with Crippen LogP contribution in [0.4, 0.5) is 5.69 Å². The molecule has 9 nitrogen and oxygen atoms in total. The van der Waals surface area contributed by atoms with Crippen LogP contribution in [0.5, 0.6) is 5.75 Å². The van der Waals surface area contributed by atoms with Gasteiger partial charge in [-0.15, -0.1) is 0 Å². The van der Waals surface area contributed by atoms with Gasteiger partial charge in [-0.25, -0.2) is 4.98 Å². The number of nitriles is 1. The molecule has 1 aliphatic rings. The number of rotatable bonds is 10. The average molecular weight is 529 g/mol. The lowest BCUT2D eigenvalue weighted by molar-refractivity contribution is -0.124. The molecule has 2 heterocycles. The van der Waals surface area contributed by atoms with Crippen molar-refractivity contribution in [3.05, 3.63) is 76.8 Å². The first kappa shape index (κ1) is 27.9. The molecule has 0 saturated carbocycles. The Morgan fingerprint density at radius 3 is 2.38 bits per heavy atom. The predicted molar refractivity (Wildman–Crippen MR) is 152 cm³/mol. The van der Waals surface area contributed by atoms with Crippen LogP contribution in [0.25, 0.3) is 11.3 Å². The molecule has 1 unspecified atom stereocenters. The molecular weight excluding hydrogens is 492 g/mol. The molecule has 0 radical (unpaired) electrons. The number of methoxy groups -OCH3 is 1. The number of nitrogens with one attached hydrogen (secondary N) is 1. The topological polar surface area (TPSA) is 103 Å². The van der Waals surface area contributed by atoms with Crippen molar-refractivity contribution in [2.45, 2.75) is 32.9 Å². The highest BCUT2D eigenvalue weighted by Gasteiger charge is 2.24. The fraction of sp³-hybridized carbons (Fsp3) is 0.400. The quantitative estimate of drug-likeness (QED) is 0.402.